The number of carbonyl (C=O) groups excluding carboxylic acids is 1. The van der Waals surface area contributed by atoms with Crippen molar-refractivity contribution in [2.24, 2.45) is 0 Å². The molecule has 1 atom stereocenters. The fourth-order valence-corrected chi connectivity index (χ4v) is 3.23. The van der Waals surface area contributed by atoms with Crippen LogP contribution < -0.4 is 5.32 Å². The van der Waals surface area contributed by atoms with Crippen LogP contribution in [0, 0.1) is 0 Å². The third kappa shape index (κ3) is 3.79. The number of amides is 1. The number of nitrogens with one attached hydrogen (secondary N) is 2. The molecule has 0 saturated carbocycles. The largest absolute Gasteiger partial charge is 0.335 e. The van der Waals surface area contributed by atoms with Gasteiger partial charge in [0, 0.05) is 37.4 Å². The molecule has 134 valence electrons. The molecule has 2 N–H and O–H groups in total. The summed E-state index contributed by atoms with van der Waals surface area (Å²) in [6.45, 7) is 2.22. The SMILES string of the molecule is Cl.O=C(c1ccc(-c2ccn[nH]2)cc1)N1CCNC(c2ccccc2)C1. The smallest absolute Gasteiger partial charge is 0.253 e. The number of piperazine rings is 1. The summed E-state index contributed by atoms with van der Waals surface area (Å²) in [5, 5.41) is 10.4. The van der Waals surface area contributed by atoms with Gasteiger partial charge in [0.1, 0.15) is 0 Å². The van der Waals surface area contributed by atoms with Crippen molar-refractivity contribution in [2.45, 2.75) is 6.04 Å². The number of carbonyl (C=O) groups is 1. The zero-order valence-corrected chi connectivity index (χ0v) is 15.1. The Hall–Kier alpha value is -2.63. The van der Waals surface area contributed by atoms with Crippen LogP contribution in [0.25, 0.3) is 11.3 Å². The van der Waals surface area contributed by atoms with E-state index in [4.69, 9.17) is 0 Å². The molecule has 3 aromatic rings. The number of aromatic nitrogens is 2. The van der Waals surface area contributed by atoms with Crippen LogP contribution in [-0.4, -0.2) is 40.6 Å². The highest BCUT2D eigenvalue weighted by atomic mass is 35.5. The summed E-state index contributed by atoms with van der Waals surface area (Å²) in [5.41, 5.74) is 3.91. The van der Waals surface area contributed by atoms with Gasteiger partial charge in [0.05, 0.1) is 5.69 Å². The van der Waals surface area contributed by atoms with E-state index < -0.39 is 0 Å². The van der Waals surface area contributed by atoms with Gasteiger partial charge in [0.2, 0.25) is 0 Å². The van der Waals surface area contributed by atoms with Gasteiger partial charge in [-0.3, -0.25) is 9.89 Å². The van der Waals surface area contributed by atoms with E-state index in [1.807, 2.05) is 53.4 Å². The topological polar surface area (TPSA) is 61.0 Å². The Morgan fingerprint density at radius 3 is 2.50 bits per heavy atom. The van der Waals surface area contributed by atoms with E-state index in [1.54, 1.807) is 6.20 Å². The van der Waals surface area contributed by atoms with Crippen molar-refractivity contribution in [2.75, 3.05) is 19.6 Å². The fraction of sp³-hybridized carbons (Fsp3) is 0.200. The molecule has 5 nitrogen and oxygen atoms in total. The fourth-order valence-electron chi connectivity index (χ4n) is 3.23. The van der Waals surface area contributed by atoms with E-state index in [0.717, 1.165) is 29.9 Å². The molecular formula is C20H21ClN4O. The lowest BCUT2D eigenvalue weighted by molar-refractivity contribution is 0.0703. The van der Waals surface area contributed by atoms with Crippen LogP contribution in [0.15, 0.2) is 66.9 Å². The maximum atomic E-state index is 12.9. The van der Waals surface area contributed by atoms with Crippen LogP contribution in [-0.2, 0) is 0 Å². The van der Waals surface area contributed by atoms with E-state index >= 15 is 0 Å². The number of nitrogens with zero attached hydrogens (tertiary/aromatic N) is 2. The van der Waals surface area contributed by atoms with Gasteiger partial charge < -0.3 is 10.2 Å². The molecule has 1 aliphatic rings. The minimum Gasteiger partial charge on any atom is -0.335 e. The Balaban J connectivity index is 0.00000196. The zero-order valence-electron chi connectivity index (χ0n) is 14.3. The third-order valence-corrected chi connectivity index (χ3v) is 4.61. The lowest BCUT2D eigenvalue weighted by Gasteiger charge is -2.34. The number of hydrogen-bond acceptors (Lipinski definition) is 3. The second-order valence-corrected chi connectivity index (χ2v) is 6.22. The minimum atomic E-state index is 0. The van der Waals surface area contributed by atoms with Crippen molar-refractivity contribution in [1.29, 1.82) is 0 Å². The van der Waals surface area contributed by atoms with Crippen molar-refractivity contribution in [1.82, 2.24) is 20.4 Å². The summed E-state index contributed by atoms with van der Waals surface area (Å²) in [4.78, 5) is 14.8. The molecule has 1 amide bonds. The van der Waals surface area contributed by atoms with Crippen LogP contribution in [0.3, 0.4) is 0 Å². The maximum Gasteiger partial charge on any atom is 0.253 e. The highest BCUT2D eigenvalue weighted by Gasteiger charge is 2.24. The van der Waals surface area contributed by atoms with E-state index in [2.05, 4.69) is 27.6 Å². The Kier molecular flexibility index (Phi) is 5.71. The first-order valence-corrected chi connectivity index (χ1v) is 8.49. The number of H-pyrrole nitrogens is 1. The monoisotopic (exact) mass is 368 g/mol. The molecule has 0 bridgehead atoms. The minimum absolute atomic E-state index is 0. The summed E-state index contributed by atoms with van der Waals surface area (Å²) in [7, 11) is 0. The van der Waals surface area contributed by atoms with E-state index in [0.29, 0.717) is 6.54 Å². The van der Waals surface area contributed by atoms with Crippen molar-refractivity contribution in [3.63, 3.8) is 0 Å². The van der Waals surface area contributed by atoms with Crippen LogP contribution in [0.1, 0.15) is 22.0 Å². The molecule has 2 aromatic carbocycles. The molecule has 2 heterocycles. The molecule has 1 aliphatic heterocycles. The van der Waals surface area contributed by atoms with Crippen LogP contribution in [0.5, 0.6) is 0 Å². The molecule has 1 aromatic heterocycles. The van der Waals surface area contributed by atoms with E-state index in [9.17, 15) is 4.79 Å². The third-order valence-electron chi connectivity index (χ3n) is 4.61. The second kappa shape index (κ2) is 8.17. The van der Waals surface area contributed by atoms with Gasteiger partial charge >= 0.3 is 0 Å². The molecule has 1 unspecified atom stereocenters. The summed E-state index contributed by atoms with van der Waals surface area (Å²) in [5.74, 6) is 0.0820. The molecule has 4 rings (SSSR count). The Morgan fingerprint density at radius 2 is 1.81 bits per heavy atom. The Morgan fingerprint density at radius 1 is 1.04 bits per heavy atom. The molecule has 26 heavy (non-hydrogen) atoms. The molecule has 0 radical (unpaired) electrons. The lowest BCUT2D eigenvalue weighted by atomic mass is 10.0. The van der Waals surface area contributed by atoms with Crippen LogP contribution in [0.2, 0.25) is 0 Å². The first-order valence-electron chi connectivity index (χ1n) is 8.49. The highest BCUT2D eigenvalue weighted by molar-refractivity contribution is 5.94. The summed E-state index contributed by atoms with van der Waals surface area (Å²) in [6, 6.07) is 20.1. The standard InChI is InChI=1S/C20H20N4O.ClH/c25-20(17-8-6-16(7-9-17)18-10-11-22-23-18)24-13-12-21-19(14-24)15-4-2-1-3-5-15;/h1-11,19,21H,12-14H2,(H,22,23);1H. The predicted molar refractivity (Wildman–Crippen MR) is 104 cm³/mol. The van der Waals surface area contributed by atoms with Gasteiger partial charge in [-0.15, -0.1) is 12.4 Å². The van der Waals surface area contributed by atoms with Crippen molar-refractivity contribution >= 4 is 18.3 Å². The summed E-state index contributed by atoms with van der Waals surface area (Å²) < 4.78 is 0. The van der Waals surface area contributed by atoms with Gasteiger partial charge in [-0.1, -0.05) is 42.5 Å². The van der Waals surface area contributed by atoms with Gasteiger partial charge in [0.15, 0.2) is 0 Å². The maximum absolute atomic E-state index is 12.9. The highest BCUT2D eigenvalue weighted by Crippen LogP contribution is 2.20. The predicted octanol–water partition coefficient (Wildman–Crippen LogP) is 3.29. The van der Waals surface area contributed by atoms with Crippen LogP contribution >= 0.6 is 12.4 Å². The van der Waals surface area contributed by atoms with Gasteiger partial charge in [-0.25, -0.2) is 0 Å². The number of hydrogen-bond donors (Lipinski definition) is 2. The Labute approximate surface area is 158 Å². The average Bonchev–Trinajstić information content (AvgIpc) is 3.23. The summed E-state index contributed by atoms with van der Waals surface area (Å²) in [6.07, 6.45) is 1.72. The molecule has 6 heteroatoms. The van der Waals surface area contributed by atoms with Crippen LogP contribution in [0.4, 0.5) is 0 Å². The normalized spacial score (nSPS) is 16.8. The van der Waals surface area contributed by atoms with Crippen molar-refractivity contribution < 1.29 is 4.79 Å². The van der Waals surface area contributed by atoms with Gasteiger partial charge in [-0.05, 0) is 29.3 Å². The average molecular weight is 369 g/mol. The van der Waals surface area contributed by atoms with Gasteiger partial charge in [0.25, 0.3) is 5.91 Å². The lowest BCUT2D eigenvalue weighted by Crippen LogP contribution is -2.48. The number of benzene rings is 2. The quantitative estimate of drug-likeness (QED) is 0.745. The van der Waals surface area contributed by atoms with Crippen molar-refractivity contribution in [3.8, 4) is 11.3 Å². The summed E-state index contributed by atoms with van der Waals surface area (Å²) >= 11 is 0. The first-order chi connectivity index (χ1) is 12.3. The molecule has 0 spiro atoms. The number of aromatic amines is 1. The number of rotatable bonds is 3. The zero-order chi connectivity index (χ0) is 17.1. The molecular weight excluding hydrogens is 348 g/mol. The van der Waals surface area contributed by atoms with Gasteiger partial charge in [-0.2, -0.15) is 5.10 Å². The van der Waals surface area contributed by atoms with Crippen molar-refractivity contribution in [3.05, 3.63) is 78.0 Å². The first kappa shape index (κ1) is 18.2. The molecule has 0 aliphatic carbocycles. The molecule has 1 saturated heterocycles. The van der Waals surface area contributed by atoms with E-state index in [-0.39, 0.29) is 24.4 Å². The number of halogens is 1. The van der Waals surface area contributed by atoms with E-state index in [1.165, 1.54) is 5.56 Å². The Bertz CT molecular complexity index is 834. The second-order valence-electron chi connectivity index (χ2n) is 6.22. The molecule has 1 fully saturated rings.